The summed E-state index contributed by atoms with van der Waals surface area (Å²) >= 11 is 4.25. The molecule has 0 aromatic heterocycles. The van der Waals surface area contributed by atoms with E-state index in [0.717, 1.165) is 0 Å². The van der Waals surface area contributed by atoms with E-state index in [2.05, 4.69) is 19.7 Å². The molecule has 0 N–H and O–H groups in total. The number of halogens is 1. The number of benzene rings is 1. The Balaban J connectivity index is 0.000000671. The van der Waals surface area contributed by atoms with Crippen molar-refractivity contribution in [1.29, 1.82) is 5.26 Å². The Morgan fingerprint density at radius 2 is 2.31 bits per heavy atom. The van der Waals surface area contributed by atoms with Crippen LogP contribution in [0.3, 0.4) is 0 Å². The number of nitro benzene ring substituents is 1. The summed E-state index contributed by atoms with van der Waals surface area (Å²) in [7, 11) is 0. The maximum atomic E-state index is 10.1. The van der Waals surface area contributed by atoms with Gasteiger partial charge in [-0.15, -0.1) is 6.07 Å². The van der Waals surface area contributed by atoms with E-state index in [1.165, 1.54) is 34.5 Å². The molecular weight excluding hydrogens is 289 g/mol. The topological polar surface area (TPSA) is 66.9 Å². The van der Waals surface area contributed by atoms with Gasteiger partial charge in [0.1, 0.15) is 0 Å². The zero-order valence-electron chi connectivity index (χ0n) is 6.53. The fraction of sp³-hybridized carbons (Fsp3) is 0. The van der Waals surface area contributed by atoms with Gasteiger partial charge in [-0.25, -0.2) is 0 Å². The first-order valence-electron chi connectivity index (χ1n) is 3.07. The van der Waals surface area contributed by atoms with E-state index in [9.17, 15) is 10.1 Å². The Morgan fingerprint density at radius 1 is 1.69 bits per heavy atom. The van der Waals surface area contributed by atoms with E-state index in [1.54, 1.807) is 6.07 Å². The van der Waals surface area contributed by atoms with Gasteiger partial charge in [0.05, 0.1) is 6.07 Å². The van der Waals surface area contributed by atoms with E-state index in [0.29, 0.717) is 0 Å². The van der Waals surface area contributed by atoms with Gasteiger partial charge in [-0.05, 0) is 0 Å². The van der Waals surface area contributed by atoms with Crippen molar-refractivity contribution >= 4 is 19.3 Å². The normalized spacial score (nSPS) is 7.85. The Kier molecular flexibility index (Phi) is 6.29. The molecule has 0 saturated heterocycles. The summed E-state index contributed by atoms with van der Waals surface area (Å²) in [6.07, 6.45) is 0. The summed E-state index contributed by atoms with van der Waals surface area (Å²) in [5, 5.41) is 18.5. The van der Waals surface area contributed by atoms with Crippen LogP contribution in [0.2, 0.25) is 0 Å². The number of hydrogen-bond acceptors (Lipinski definition) is 3. The Morgan fingerprint density at radius 3 is 2.77 bits per heavy atom. The van der Waals surface area contributed by atoms with E-state index >= 15 is 0 Å². The van der Waals surface area contributed by atoms with Gasteiger partial charge >= 0.3 is 30.0 Å². The molecule has 1 aromatic carbocycles. The van der Waals surface area contributed by atoms with Crippen molar-refractivity contribution in [1.82, 2.24) is 0 Å². The number of hydrogen-bond donors (Lipinski definition) is 0. The van der Waals surface area contributed by atoms with Gasteiger partial charge in [0.2, 0.25) is 0 Å². The van der Waals surface area contributed by atoms with Crippen molar-refractivity contribution in [2.45, 2.75) is 0 Å². The summed E-state index contributed by atoms with van der Waals surface area (Å²) in [5.41, 5.74) is 0.0968. The molecule has 0 unspecified atom stereocenters. The van der Waals surface area contributed by atoms with Crippen LogP contribution in [0, 0.1) is 27.5 Å². The molecule has 1 rings (SSSR count). The standard InChI is InChI=1S/C7H3N2O2.BrH.Zn/c8-5-6-2-1-3-7(4-6)9(10)11;;/h1-2,4H;1H;/q-1;;+2/p-1. The fourth-order valence-electron chi connectivity index (χ4n) is 0.629. The van der Waals surface area contributed by atoms with Crippen molar-refractivity contribution in [3.63, 3.8) is 0 Å². The molecule has 1 aromatic rings. The molecule has 0 atom stereocenters. The molecule has 0 fully saturated rings. The summed E-state index contributed by atoms with van der Waals surface area (Å²) in [5.74, 6) is 0. The molecule has 0 aliphatic rings. The molecule has 4 nitrogen and oxygen atoms in total. The quantitative estimate of drug-likeness (QED) is 0.344. The minimum atomic E-state index is -0.582. The van der Waals surface area contributed by atoms with Crippen molar-refractivity contribution in [2.24, 2.45) is 0 Å². The van der Waals surface area contributed by atoms with Crippen molar-refractivity contribution in [2.75, 3.05) is 0 Å². The maximum absolute atomic E-state index is 10.1. The molecule has 0 saturated carbocycles. The molecular formula is C7H3BrN2O2Zn. The summed E-state index contributed by atoms with van der Waals surface area (Å²) in [6.45, 7) is 0. The number of non-ortho nitro benzene ring substituents is 1. The predicted octanol–water partition coefficient (Wildman–Crippen LogP) is 2.11. The first-order valence-corrected chi connectivity index (χ1v) is 10.0. The van der Waals surface area contributed by atoms with Crippen LogP contribution in [-0.2, 0) is 16.3 Å². The zero-order chi connectivity index (χ0) is 10.3. The van der Waals surface area contributed by atoms with Crippen LogP contribution in [0.5, 0.6) is 0 Å². The molecule has 0 spiro atoms. The summed E-state index contributed by atoms with van der Waals surface area (Å²) in [4.78, 5) is 9.55. The predicted molar refractivity (Wildman–Crippen MR) is 45.6 cm³/mol. The Bertz CT molecular complexity index is 338. The first kappa shape index (κ1) is 12.2. The van der Waals surface area contributed by atoms with Gasteiger partial charge < -0.3 is 0 Å². The van der Waals surface area contributed by atoms with E-state index in [1.807, 2.05) is 0 Å². The third-order valence-corrected chi connectivity index (χ3v) is 1.11. The van der Waals surface area contributed by atoms with Crippen LogP contribution >= 0.6 is 13.6 Å². The fourth-order valence-corrected chi connectivity index (χ4v) is 0.629. The minimum absolute atomic E-state index is 0.177. The van der Waals surface area contributed by atoms with Gasteiger partial charge in [0.15, 0.2) is 5.69 Å². The van der Waals surface area contributed by atoms with Crippen LogP contribution in [0.1, 0.15) is 5.56 Å². The molecule has 0 radical (unpaired) electrons. The van der Waals surface area contributed by atoms with E-state index < -0.39 is 4.92 Å². The van der Waals surface area contributed by atoms with Gasteiger partial charge in [-0.1, -0.05) is 11.6 Å². The van der Waals surface area contributed by atoms with E-state index in [4.69, 9.17) is 5.26 Å². The number of nitro groups is 1. The van der Waals surface area contributed by atoms with Crippen LogP contribution < -0.4 is 0 Å². The van der Waals surface area contributed by atoms with Gasteiger partial charge in [0.25, 0.3) is 0 Å². The number of rotatable bonds is 1. The van der Waals surface area contributed by atoms with Crippen LogP contribution in [0.15, 0.2) is 18.2 Å². The second-order valence-corrected chi connectivity index (χ2v) is 1.83. The van der Waals surface area contributed by atoms with Gasteiger partial charge in [-0.2, -0.15) is 17.4 Å². The van der Waals surface area contributed by atoms with Crippen LogP contribution in [0.25, 0.3) is 0 Å². The summed E-state index contributed by atoms with van der Waals surface area (Å²) in [6, 6.07) is 8.19. The van der Waals surface area contributed by atoms with Gasteiger partial charge in [0, 0.05) is 4.92 Å². The second kappa shape index (κ2) is 6.70. The van der Waals surface area contributed by atoms with E-state index in [-0.39, 0.29) is 11.3 Å². The van der Waals surface area contributed by atoms with Crippen molar-refractivity contribution in [3.8, 4) is 6.07 Å². The van der Waals surface area contributed by atoms with Crippen LogP contribution in [-0.4, -0.2) is 4.92 Å². The summed E-state index contributed by atoms with van der Waals surface area (Å²) < 4.78 is 0. The molecule has 6 heteroatoms. The van der Waals surface area contributed by atoms with Crippen molar-refractivity contribution in [3.05, 3.63) is 39.9 Å². The average Bonchev–Trinajstić information content (AvgIpc) is 2.21. The molecule has 0 heterocycles. The van der Waals surface area contributed by atoms with Crippen LogP contribution in [0.4, 0.5) is 5.69 Å². The van der Waals surface area contributed by atoms with Crippen molar-refractivity contribution < 1.29 is 21.3 Å². The molecule has 62 valence electrons. The molecule has 13 heavy (non-hydrogen) atoms. The third kappa shape index (κ3) is 4.11. The SMILES string of the molecule is N#Cc1cc[c-]c([N+](=O)[O-])c1.[Zn+][Br]. The average molecular weight is 292 g/mol. The third-order valence-electron chi connectivity index (χ3n) is 1.11. The second-order valence-electron chi connectivity index (χ2n) is 1.83. The van der Waals surface area contributed by atoms with Gasteiger partial charge in [-0.3, -0.25) is 10.1 Å². The Hall–Kier alpha value is -0.787. The molecule has 0 aliphatic carbocycles. The molecule has 0 aliphatic heterocycles. The number of nitrogens with zero attached hydrogens (tertiary/aromatic N) is 2. The molecule has 0 bridgehead atoms. The number of nitriles is 1. The first-order chi connectivity index (χ1) is 6.24. The Labute approximate surface area is 91.7 Å². The molecule has 0 amide bonds. The zero-order valence-corrected chi connectivity index (χ0v) is 11.1. The monoisotopic (exact) mass is 290 g/mol.